The van der Waals surface area contributed by atoms with Crippen molar-refractivity contribution in [2.45, 2.75) is 19.4 Å². The normalized spacial score (nSPS) is 17.3. The van der Waals surface area contributed by atoms with Crippen molar-refractivity contribution in [3.8, 4) is 6.07 Å². The summed E-state index contributed by atoms with van der Waals surface area (Å²) < 4.78 is 0. The summed E-state index contributed by atoms with van der Waals surface area (Å²) >= 11 is 0. The van der Waals surface area contributed by atoms with E-state index >= 15 is 0 Å². The first kappa shape index (κ1) is 15.5. The Morgan fingerprint density at radius 1 is 1.38 bits per heavy atom. The molecule has 5 nitrogen and oxygen atoms in total. The van der Waals surface area contributed by atoms with Crippen molar-refractivity contribution in [2.75, 3.05) is 32.7 Å². The minimum Gasteiger partial charge on any atom is -0.392 e. The van der Waals surface area contributed by atoms with Gasteiger partial charge in [0.1, 0.15) is 0 Å². The Kier molecular flexibility index (Phi) is 5.32. The molecule has 1 aliphatic heterocycles. The van der Waals surface area contributed by atoms with Gasteiger partial charge < -0.3 is 10.0 Å². The van der Waals surface area contributed by atoms with E-state index in [1.165, 1.54) is 0 Å². The zero-order valence-electron chi connectivity index (χ0n) is 12.3. The highest BCUT2D eigenvalue weighted by molar-refractivity contribution is 5.94. The fourth-order valence-electron chi connectivity index (χ4n) is 2.60. The molecule has 1 aromatic carbocycles. The van der Waals surface area contributed by atoms with Crippen LogP contribution in [0.5, 0.6) is 0 Å². The molecule has 1 atom stereocenters. The Bertz CT molecular complexity index is 529. The molecule has 1 amide bonds. The molecule has 2 rings (SSSR count). The van der Waals surface area contributed by atoms with Gasteiger partial charge in [-0.05, 0) is 24.6 Å². The van der Waals surface area contributed by atoms with Gasteiger partial charge >= 0.3 is 0 Å². The molecule has 1 aliphatic rings. The highest BCUT2D eigenvalue weighted by Crippen LogP contribution is 2.11. The van der Waals surface area contributed by atoms with E-state index in [4.69, 9.17) is 5.26 Å². The van der Waals surface area contributed by atoms with Crippen LogP contribution in [0.3, 0.4) is 0 Å². The lowest BCUT2D eigenvalue weighted by Crippen LogP contribution is -2.50. The van der Waals surface area contributed by atoms with Crippen LogP contribution in [-0.4, -0.2) is 59.6 Å². The Hall–Kier alpha value is -1.90. The van der Waals surface area contributed by atoms with E-state index in [0.29, 0.717) is 31.6 Å². The zero-order valence-corrected chi connectivity index (χ0v) is 12.3. The monoisotopic (exact) mass is 287 g/mol. The van der Waals surface area contributed by atoms with Gasteiger partial charge in [-0.3, -0.25) is 9.69 Å². The first-order valence-corrected chi connectivity index (χ1v) is 7.25. The number of aliphatic hydroxyl groups excluding tert-OH is 1. The molecule has 1 heterocycles. The summed E-state index contributed by atoms with van der Waals surface area (Å²) in [5.41, 5.74) is 1.52. The number of nitriles is 1. The van der Waals surface area contributed by atoms with Crippen molar-refractivity contribution in [2.24, 2.45) is 0 Å². The van der Waals surface area contributed by atoms with Gasteiger partial charge in [0.2, 0.25) is 0 Å². The minimum absolute atomic E-state index is 0.0199. The summed E-state index contributed by atoms with van der Waals surface area (Å²) in [5.74, 6) is 0.0199. The molecule has 1 fully saturated rings. The van der Waals surface area contributed by atoms with E-state index in [1.54, 1.807) is 19.1 Å². The number of aliphatic hydroxyl groups is 1. The summed E-state index contributed by atoms with van der Waals surface area (Å²) in [4.78, 5) is 16.5. The third-order valence-corrected chi connectivity index (χ3v) is 3.64. The molecule has 1 aromatic rings. The molecule has 0 aliphatic carbocycles. The maximum absolute atomic E-state index is 12.5. The summed E-state index contributed by atoms with van der Waals surface area (Å²) in [6, 6.07) is 9.38. The maximum atomic E-state index is 12.5. The standard InChI is InChI=1S/C16H21N3O2/c1-13(20)12-18-7-9-19(10-8-18)16(21)15-4-2-3-14(11-15)5-6-17/h2-4,11,13,20H,5,7-10,12H2,1H3/t13-/m1/s1. The van der Waals surface area contributed by atoms with E-state index in [2.05, 4.69) is 11.0 Å². The third kappa shape index (κ3) is 4.28. The van der Waals surface area contributed by atoms with E-state index < -0.39 is 0 Å². The predicted molar refractivity (Wildman–Crippen MR) is 79.8 cm³/mol. The van der Waals surface area contributed by atoms with Gasteiger partial charge in [-0.1, -0.05) is 12.1 Å². The van der Waals surface area contributed by atoms with E-state index in [1.807, 2.05) is 17.0 Å². The number of benzene rings is 1. The molecule has 112 valence electrons. The lowest BCUT2D eigenvalue weighted by molar-refractivity contribution is 0.0554. The van der Waals surface area contributed by atoms with Crippen LogP contribution >= 0.6 is 0 Å². The number of hydrogen-bond acceptors (Lipinski definition) is 4. The number of β-amino-alcohol motifs (C(OH)–C–C–N with tert-alkyl or cyclic N) is 1. The number of carbonyl (C=O) groups excluding carboxylic acids is 1. The minimum atomic E-state index is -0.338. The number of rotatable bonds is 4. The molecule has 1 saturated heterocycles. The molecule has 0 aromatic heterocycles. The number of amides is 1. The van der Waals surface area contributed by atoms with Crippen molar-refractivity contribution >= 4 is 5.91 Å². The molecule has 1 N–H and O–H groups in total. The Morgan fingerprint density at radius 2 is 2.10 bits per heavy atom. The summed E-state index contributed by atoms with van der Waals surface area (Å²) in [6.45, 7) is 5.35. The molecule has 0 saturated carbocycles. The van der Waals surface area contributed by atoms with Crippen molar-refractivity contribution < 1.29 is 9.90 Å². The molecular weight excluding hydrogens is 266 g/mol. The summed E-state index contributed by atoms with van der Waals surface area (Å²) in [7, 11) is 0. The van der Waals surface area contributed by atoms with Crippen LogP contribution in [0.4, 0.5) is 0 Å². The second kappa shape index (κ2) is 7.21. The first-order chi connectivity index (χ1) is 10.1. The Morgan fingerprint density at radius 3 is 2.71 bits per heavy atom. The van der Waals surface area contributed by atoms with Crippen LogP contribution in [0.25, 0.3) is 0 Å². The van der Waals surface area contributed by atoms with Gasteiger partial charge in [-0.2, -0.15) is 5.26 Å². The number of piperazine rings is 1. The molecule has 0 spiro atoms. The highest BCUT2D eigenvalue weighted by Gasteiger charge is 2.22. The second-order valence-electron chi connectivity index (χ2n) is 5.48. The van der Waals surface area contributed by atoms with Crippen LogP contribution in [0.1, 0.15) is 22.8 Å². The predicted octanol–water partition coefficient (Wildman–Crippen LogP) is 0.891. The molecule has 0 radical (unpaired) electrons. The maximum Gasteiger partial charge on any atom is 0.253 e. The topological polar surface area (TPSA) is 67.6 Å². The highest BCUT2D eigenvalue weighted by atomic mass is 16.3. The summed E-state index contributed by atoms with van der Waals surface area (Å²) in [6.07, 6.45) is -0.0153. The van der Waals surface area contributed by atoms with Gasteiger partial charge in [-0.25, -0.2) is 0 Å². The zero-order chi connectivity index (χ0) is 15.2. The van der Waals surface area contributed by atoms with Crippen molar-refractivity contribution in [1.82, 2.24) is 9.80 Å². The van der Waals surface area contributed by atoms with Gasteiger partial charge in [0.05, 0.1) is 18.6 Å². The second-order valence-corrected chi connectivity index (χ2v) is 5.48. The quantitative estimate of drug-likeness (QED) is 0.893. The number of nitrogens with zero attached hydrogens (tertiary/aromatic N) is 3. The Labute approximate surface area is 125 Å². The molecular formula is C16H21N3O2. The Balaban J connectivity index is 1.96. The van der Waals surface area contributed by atoms with Gasteiger partial charge in [-0.15, -0.1) is 0 Å². The van der Waals surface area contributed by atoms with E-state index in [-0.39, 0.29) is 12.0 Å². The average Bonchev–Trinajstić information content (AvgIpc) is 2.47. The molecule has 21 heavy (non-hydrogen) atoms. The van der Waals surface area contributed by atoms with E-state index in [0.717, 1.165) is 18.7 Å². The number of hydrogen-bond donors (Lipinski definition) is 1. The third-order valence-electron chi connectivity index (χ3n) is 3.64. The molecule has 5 heteroatoms. The van der Waals surface area contributed by atoms with Crippen molar-refractivity contribution in [3.05, 3.63) is 35.4 Å². The SMILES string of the molecule is C[C@@H](O)CN1CCN(C(=O)c2cccc(CC#N)c2)CC1. The fourth-order valence-corrected chi connectivity index (χ4v) is 2.60. The lowest BCUT2D eigenvalue weighted by Gasteiger charge is -2.35. The lowest BCUT2D eigenvalue weighted by atomic mass is 10.1. The van der Waals surface area contributed by atoms with Crippen LogP contribution in [0.15, 0.2) is 24.3 Å². The first-order valence-electron chi connectivity index (χ1n) is 7.25. The van der Waals surface area contributed by atoms with Gasteiger partial charge in [0.15, 0.2) is 0 Å². The number of carbonyl (C=O) groups is 1. The van der Waals surface area contributed by atoms with Gasteiger partial charge in [0, 0.05) is 38.3 Å². The largest absolute Gasteiger partial charge is 0.392 e. The summed E-state index contributed by atoms with van der Waals surface area (Å²) in [5, 5.41) is 18.1. The van der Waals surface area contributed by atoms with Crippen LogP contribution in [0.2, 0.25) is 0 Å². The van der Waals surface area contributed by atoms with Crippen LogP contribution < -0.4 is 0 Å². The smallest absolute Gasteiger partial charge is 0.253 e. The molecule has 0 bridgehead atoms. The average molecular weight is 287 g/mol. The van der Waals surface area contributed by atoms with Crippen LogP contribution in [0, 0.1) is 11.3 Å². The van der Waals surface area contributed by atoms with E-state index in [9.17, 15) is 9.90 Å². The van der Waals surface area contributed by atoms with Crippen LogP contribution in [-0.2, 0) is 6.42 Å². The van der Waals surface area contributed by atoms with Gasteiger partial charge in [0.25, 0.3) is 5.91 Å². The van der Waals surface area contributed by atoms with Crippen molar-refractivity contribution in [3.63, 3.8) is 0 Å². The fraction of sp³-hybridized carbons (Fsp3) is 0.500. The van der Waals surface area contributed by atoms with Crippen molar-refractivity contribution in [1.29, 1.82) is 5.26 Å². The molecule has 0 unspecified atom stereocenters.